The number of fused-ring (bicyclic) bond motifs is 1. The molecule has 5 heteroatoms. The average molecular weight is 232 g/mol. The topological polar surface area (TPSA) is 43.6 Å². The molecule has 0 radical (unpaired) electrons. The molecular formula is C11H12N4S. The van der Waals surface area contributed by atoms with Crippen molar-refractivity contribution in [1.82, 2.24) is 19.7 Å². The summed E-state index contributed by atoms with van der Waals surface area (Å²) in [5.74, 6) is 2.22. The lowest BCUT2D eigenvalue weighted by atomic mass is 10.1. The fourth-order valence-corrected chi connectivity index (χ4v) is 3.03. The third-order valence-corrected chi connectivity index (χ3v) is 3.80. The van der Waals surface area contributed by atoms with E-state index in [1.165, 1.54) is 17.0 Å². The third-order valence-electron chi connectivity index (χ3n) is 2.81. The van der Waals surface area contributed by atoms with E-state index >= 15 is 0 Å². The van der Waals surface area contributed by atoms with Crippen LogP contribution in [0.3, 0.4) is 0 Å². The van der Waals surface area contributed by atoms with Crippen LogP contribution in [0.1, 0.15) is 11.3 Å². The molecule has 3 rings (SSSR count). The number of aryl methyl sites for hydroxylation is 1. The molecule has 0 saturated carbocycles. The van der Waals surface area contributed by atoms with Crippen LogP contribution in [-0.4, -0.2) is 25.5 Å². The van der Waals surface area contributed by atoms with Gasteiger partial charge in [0.2, 0.25) is 0 Å². The molecule has 16 heavy (non-hydrogen) atoms. The van der Waals surface area contributed by atoms with E-state index in [1.807, 2.05) is 23.5 Å². The van der Waals surface area contributed by atoms with Crippen molar-refractivity contribution in [2.24, 2.45) is 7.05 Å². The van der Waals surface area contributed by atoms with Gasteiger partial charge in [-0.2, -0.15) is 16.9 Å². The van der Waals surface area contributed by atoms with Crippen molar-refractivity contribution in [3.63, 3.8) is 0 Å². The Kier molecular flexibility index (Phi) is 2.40. The molecular weight excluding hydrogens is 220 g/mol. The SMILES string of the molecule is Cn1nc(-c2cnccn2)c2c1CCSC2. The molecule has 0 amide bonds. The third kappa shape index (κ3) is 1.51. The van der Waals surface area contributed by atoms with Gasteiger partial charge in [0.1, 0.15) is 11.4 Å². The van der Waals surface area contributed by atoms with E-state index < -0.39 is 0 Å². The van der Waals surface area contributed by atoms with Gasteiger partial charge >= 0.3 is 0 Å². The highest BCUT2D eigenvalue weighted by molar-refractivity contribution is 7.98. The van der Waals surface area contributed by atoms with Gasteiger partial charge in [0.25, 0.3) is 0 Å². The van der Waals surface area contributed by atoms with Crippen LogP contribution in [0.2, 0.25) is 0 Å². The van der Waals surface area contributed by atoms with Crippen LogP contribution in [0, 0.1) is 0 Å². The van der Waals surface area contributed by atoms with Crippen molar-refractivity contribution in [2.75, 3.05) is 5.75 Å². The minimum atomic E-state index is 0.877. The number of aromatic nitrogens is 4. The Bertz CT molecular complexity index is 506. The van der Waals surface area contributed by atoms with Crippen LogP contribution in [0.5, 0.6) is 0 Å². The quantitative estimate of drug-likeness (QED) is 0.750. The summed E-state index contributed by atoms with van der Waals surface area (Å²) in [5, 5.41) is 4.56. The summed E-state index contributed by atoms with van der Waals surface area (Å²) >= 11 is 1.96. The Hall–Kier alpha value is -1.36. The summed E-state index contributed by atoms with van der Waals surface area (Å²) in [6.07, 6.45) is 6.28. The molecule has 0 spiro atoms. The summed E-state index contributed by atoms with van der Waals surface area (Å²) in [7, 11) is 2.01. The molecule has 82 valence electrons. The van der Waals surface area contributed by atoms with E-state index in [1.54, 1.807) is 18.6 Å². The fraction of sp³-hybridized carbons (Fsp3) is 0.364. The van der Waals surface area contributed by atoms with E-state index in [-0.39, 0.29) is 0 Å². The Morgan fingerprint density at radius 2 is 2.31 bits per heavy atom. The zero-order chi connectivity index (χ0) is 11.0. The first-order valence-electron chi connectivity index (χ1n) is 5.25. The lowest BCUT2D eigenvalue weighted by Crippen LogP contribution is -2.05. The van der Waals surface area contributed by atoms with Crippen molar-refractivity contribution in [3.8, 4) is 11.4 Å². The van der Waals surface area contributed by atoms with Gasteiger partial charge in [0.05, 0.1) is 6.20 Å². The maximum absolute atomic E-state index is 4.56. The molecule has 0 saturated heterocycles. The van der Waals surface area contributed by atoms with Crippen LogP contribution >= 0.6 is 11.8 Å². The highest BCUT2D eigenvalue weighted by atomic mass is 32.2. The Balaban J connectivity index is 2.15. The molecule has 0 fully saturated rings. The van der Waals surface area contributed by atoms with Crippen molar-refractivity contribution < 1.29 is 0 Å². The molecule has 2 aromatic heterocycles. The summed E-state index contributed by atoms with van der Waals surface area (Å²) < 4.78 is 1.99. The molecule has 4 nitrogen and oxygen atoms in total. The normalized spacial score (nSPS) is 14.8. The molecule has 0 atom stereocenters. The highest BCUT2D eigenvalue weighted by Gasteiger charge is 2.21. The smallest absolute Gasteiger partial charge is 0.117 e. The first-order valence-corrected chi connectivity index (χ1v) is 6.40. The van der Waals surface area contributed by atoms with Gasteiger partial charge in [-0.3, -0.25) is 14.6 Å². The van der Waals surface area contributed by atoms with Crippen molar-refractivity contribution in [2.45, 2.75) is 12.2 Å². The predicted octanol–water partition coefficient (Wildman–Crippen LogP) is 1.67. The predicted molar refractivity (Wildman–Crippen MR) is 64.1 cm³/mol. The zero-order valence-corrected chi connectivity index (χ0v) is 9.87. The standard InChI is InChI=1S/C11H12N4S/c1-15-10-2-5-16-7-8(10)11(14-15)9-6-12-3-4-13-9/h3-4,6H,2,5,7H2,1H3. The second-order valence-corrected chi connectivity index (χ2v) is 4.90. The highest BCUT2D eigenvalue weighted by Crippen LogP contribution is 2.31. The van der Waals surface area contributed by atoms with Crippen LogP contribution in [-0.2, 0) is 19.2 Å². The van der Waals surface area contributed by atoms with E-state index in [0.717, 1.165) is 23.6 Å². The Labute approximate surface area is 98.1 Å². The van der Waals surface area contributed by atoms with Crippen LogP contribution < -0.4 is 0 Å². The minimum Gasteiger partial charge on any atom is -0.272 e. The molecule has 2 aromatic rings. The number of nitrogens with zero attached hydrogens (tertiary/aromatic N) is 4. The van der Waals surface area contributed by atoms with E-state index in [4.69, 9.17) is 0 Å². The summed E-state index contributed by atoms with van der Waals surface area (Å²) in [6, 6.07) is 0. The van der Waals surface area contributed by atoms with Gasteiger partial charge in [0, 0.05) is 36.5 Å². The number of hydrogen-bond donors (Lipinski definition) is 0. The molecule has 0 aromatic carbocycles. The second kappa shape index (κ2) is 3.90. The largest absolute Gasteiger partial charge is 0.272 e. The van der Waals surface area contributed by atoms with Crippen molar-refractivity contribution >= 4 is 11.8 Å². The van der Waals surface area contributed by atoms with Gasteiger partial charge in [-0.15, -0.1) is 0 Å². The van der Waals surface area contributed by atoms with E-state index in [0.29, 0.717) is 0 Å². The molecule has 0 unspecified atom stereocenters. The summed E-state index contributed by atoms with van der Waals surface area (Å²) in [5.41, 5.74) is 4.55. The average Bonchev–Trinajstić information content (AvgIpc) is 2.69. The van der Waals surface area contributed by atoms with Gasteiger partial charge in [-0.25, -0.2) is 0 Å². The lowest BCUT2D eigenvalue weighted by Gasteiger charge is -2.11. The lowest BCUT2D eigenvalue weighted by molar-refractivity contribution is 0.717. The van der Waals surface area contributed by atoms with Crippen molar-refractivity contribution in [1.29, 1.82) is 0 Å². The minimum absolute atomic E-state index is 0.877. The van der Waals surface area contributed by atoms with E-state index in [2.05, 4.69) is 15.1 Å². The molecule has 0 N–H and O–H groups in total. The van der Waals surface area contributed by atoms with Gasteiger partial charge in [-0.05, 0) is 12.2 Å². The zero-order valence-electron chi connectivity index (χ0n) is 9.05. The first-order chi connectivity index (χ1) is 7.86. The number of rotatable bonds is 1. The van der Waals surface area contributed by atoms with Gasteiger partial charge in [-0.1, -0.05) is 0 Å². The second-order valence-electron chi connectivity index (χ2n) is 3.79. The first kappa shape index (κ1) is 9.84. The summed E-state index contributed by atoms with van der Waals surface area (Å²) in [4.78, 5) is 8.42. The van der Waals surface area contributed by atoms with Crippen molar-refractivity contribution in [3.05, 3.63) is 29.8 Å². The molecule has 1 aliphatic heterocycles. The number of thioether (sulfide) groups is 1. The maximum atomic E-state index is 4.56. The van der Waals surface area contributed by atoms with Crippen LogP contribution in [0.15, 0.2) is 18.6 Å². The Morgan fingerprint density at radius 1 is 1.38 bits per heavy atom. The van der Waals surface area contributed by atoms with Crippen LogP contribution in [0.4, 0.5) is 0 Å². The molecule has 0 aliphatic carbocycles. The van der Waals surface area contributed by atoms with Gasteiger partial charge < -0.3 is 0 Å². The molecule has 0 bridgehead atoms. The fourth-order valence-electron chi connectivity index (χ4n) is 2.04. The Morgan fingerprint density at radius 3 is 3.12 bits per heavy atom. The number of hydrogen-bond acceptors (Lipinski definition) is 4. The summed E-state index contributed by atoms with van der Waals surface area (Å²) in [6.45, 7) is 0. The maximum Gasteiger partial charge on any atom is 0.117 e. The monoisotopic (exact) mass is 232 g/mol. The van der Waals surface area contributed by atoms with Gasteiger partial charge in [0.15, 0.2) is 0 Å². The van der Waals surface area contributed by atoms with E-state index in [9.17, 15) is 0 Å². The molecule has 3 heterocycles. The molecule has 1 aliphatic rings. The van der Waals surface area contributed by atoms with Crippen LogP contribution in [0.25, 0.3) is 11.4 Å².